The minimum Gasteiger partial charge on any atom is -0.341 e. The van der Waals surface area contributed by atoms with E-state index in [2.05, 4.69) is 0 Å². The molecule has 1 unspecified atom stereocenters. The molecular weight excluding hydrogens is 331 g/mol. The number of para-hydroxylation sites is 1. The van der Waals surface area contributed by atoms with Gasteiger partial charge >= 0.3 is 0 Å². The summed E-state index contributed by atoms with van der Waals surface area (Å²) >= 11 is 0. The fourth-order valence-electron chi connectivity index (χ4n) is 3.64. The van der Waals surface area contributed by atoms with Crippen molar-refractivity contribution in [1.82, 2.24) is 9.47 Å². The van der Waals surface area contributed by atoms with E-state index in [4.69, 9.17) is 0 Å². The largest absolute Gasteiger partial charge is 0.341 e. The van der Waals surface area contributed by atoms with Crippen molar-refractivity contribution in [1.29, 1.82) is 0 Å². The van der Waals surface area contributed by atoms with Gasteiger partial charge in [0.25, 0.3) is 0 Å². The molecular formula is C21H19FN2O2. The number of hydrogen-bond acceptors (Lipinski definition) is 2. The monoisotopic (exact) mass is 350 g/mol. The fraction of sp³-hybridized carbons (Fsp3) is 0.238. The Morgan fingerprint density at radius 3 is 2.65 bits per heavy atom. The standard InChI is InChI=1S/C21H19FN2O2/c22-17-7-5-15(6-8-17)16-9-11-24(13-16)21(26)14-23-12-10-20(25)18-3-1-2-4-19(18)23/h1-8,10,12,16H,9,11,13-14H2. The summed E-state index contributed by atoms with van der Waals surface area (Å²) in [6.07, 6.45) is 2.55. The summed E-state index contributed by atoms with van der Waals surface area (Å²) in [4.78, 5) is 26.6. The van der Waals surface area contributed by atoms with Gasteiger partial charge in [0.2, 0.25) is 5.91 Å². The lowest BCUT2D eigenvalue weighted by Gasteiger charge is -2.18. The third kappa shape index (κ3) is 3.12. The number of amides is 1. The molecule has 1 aromatic heterocycles. The highest BCUT2D eigenvalue weighted by Crippen LogP contribution is 2.27. The Labute approximate surface area is 150 Å². The van der Waals surface area contributed by atoms with E-state index in [0.717, 1.165) is 17.5 Å². The molecule has 2 aromatic carbocycles. The average molecular weight is 350 g/mol. The van der Waals surface area contributed by atoms with Crippen LogP contribution in [0.4, 0.5) is 4.39 Å². The molecule has 4 nitrogen and oxygen atoms in total. The van der Waals surface area contributed by atoms with Crippen molar-refractivity contribution in [3.63, 3.8) is 0 Å². The Kier molecular flexibility index (Phi) is 4.29. The Morgan fingerprint density at radius 1 is 1.08 bits per heavy atom. The average Bonchev–Trinajstić information content (AvgIpc) is 3.15. The third-order valence-corrected chi connectivity index (χ3v) is 5.07. The number of halogens is 1. The number of hydrogen-bond donors (Lipinski definition) is 0. The first kappa shape index (κ1) is 16.5. The highest BCUT2D eigenvalue weighted by Gasteiger charge is 2.27. The molecule has 0 spiro atoms. The number of pyridine rings is 1. The minimum absolute atomic E-state index is 0.0309. The van der Waals surface area contributed by atoms with Gasteiger partial charge in [-0.25, -0.2) is 4.39 Å². The van der Waals surface area contributed by atoms with E-state index in [9.17, 15) is 14.0 Å². The molecule has 1 aliphatic heterocycles. The third-order valence-electron chi connectivity index (χ3n) is 5.07. The number of likely N-dealkylation sites (tertiary alicyclic amines) is 1. The maximum atomic E-state index is 13.1. The van der Waals surface area contributed by atoms with Crippen molar-refractivity contribution >= 4 is 16.8 Å². The number of aromatic nitrogens is 1. The highest BCUT2D eigenvalue weighted by atomic mass is 19.1. The van der Waals surface area contributed by atoms with Crippen LogP contribution in [0.2, 0.25) is 0 Å². The van der Waals surface area contributed by atoms with Crippen LogP contribution in [0.5, 0.6) is 0 Å². The molecule has 0 aliphatic carbocycles. The van der Waals surface area contributed by atoms with Gasteiger partial charge in [0.05, 0.1) is 5.52 Å². The molecule has 1 fully saturated rings. The van der Waals surface area contributed by atoms with Gasteiger partial charge in [-0.3, -0.25) is 9.59 Å². The summed E-state index contributed by atoms with van der Waals surface area (Å²) in [6.45, 7) is 1.54. The first-order valence-corrected chi connectivity index (χ1v) is 8.73. The van der Waals surface area contributed by atoms with Gasteiger partial charge in [-0.15, -0.1) is 0 Å². The van der Waals surface area contributed by atoms with Gasteiger partial charge in [0.1, 0.15) is 12.4 Å². The van der Waals surface area contributed by atoms with Crippen LogP contribution in [0, 0.1) is 5.82 Å². The van der Waals surface area contributed by atoms with E-state index in [1.165, 1.54) is 18.2 Å². The lowest BCUT2D eigenvalue weighted by molar-refractivity contribution is -0.130. The van der Waals surface area contributed by atoms with Crippen molar-refractivity contribution in [2.24, 2.45) is 0 Å². The Balaban J connectivity index is 1.50. The van der Waals surface area contributed by atoms with E-state index in [1.807, 2.05) is 27.7 Å². The minimum atomic E-state index is -0.246. The highest BCUT2D eigenvalue weighted by molar-refractivity contribution is 5.82. The summed E-state index contributed by atoms with van der Waals surface area (Å²) < 4.78 is 14.9. The van der Waals surface area contributed by atoms with E-state index in [-0.39, 0.29) is 29.6 Å². The number of rotatable bonds is 3. The zero-order valence-corrected chi connectivity index (χ0v) is 14.3. The van der Waals surface area contributed by atoms with Crippen LogP contribution in [0.3, 0.4) is 0 Å². The van der Waals surface area contributed by atoms with Crippen molar-refractivity contribution in [3.05, 3.63) is 82.4 Å². The molecule has 1 atom stereocenters. The van der Waals surface area contributed by atoms with Crippen LogP contribution in [0.15, 0.2) is 65.6 Å². The zero-order valence-electron chi connectivity index (χ0n) is 14.3. The number of carbonyl (C=O) groups excluding carboxylic acids is 1. The van der Waals surface area contributed by atoms with Crippen molar-refractivity contribution in [2.75, 3.05) is 13.1 Å². The topological polar surface area (TPSA) is 42.3 Å². The second-order valence-corrected chi connectivity index (χ2v) is 6.70. The van der Waals surface area contributed by atoms with E-state index < -0.39 is 0 Å². The number of nitrogens with zero attached hydrogens (tertiary/aromatic N) is 2. The van der Waals surface area contributed by atoms with Gasteiger partial charge in [-0.05, 0) is 36.2 Å². The number of benzene rings is 2. The first-order valence-electron chi connectivity index (χ1n) is 8.73. The predicted molar refractivity (Wildman–Crippen MR) is 98.5 cm³/mol. The van der Waals surface area contributed by atoms with Gasteiger partial charge in [-0.1, -0.05) is 24.3 Å². The normalized spacial score (nSPS) is 17.0. The molecule has 1 amide bonds. The Bertz CT molecular complexity index is 1010. The molecule has 0 radical (unpaired) electrons. The summed E-state index contributed by atoms with van der Waals surface area (Å²) in [5.41, 5.74) is 1.79. The summed E-state index contributed by atoms with van der Waals surface area (Å²) in [7, 11) is 0. The molecule has 5 heteroatoms. The fourth-order valence-corrected chi connectivity index (χ4v) is 3.64. The molecule has 4 rings (SSSR count). The molecule has 1 saturated heterocycles. The van der Waals surface area contributed by atoms with E-state index in [0.29, 0.717) is 18.5 Å². The SMILES string of the molecule is O=C(Cn1ccc(=O)c2ccccc21)N1CCC(c2ccc(F)cc2)C1. The molecule has 26 heavy (non-hydrogen) atoms. The maximum Gasteiger partial charge on any atom is 0.242 e. The van der Waals surface area contributed by atoms with Gasteiger partial charge in [0.15, 0.2) is 5.43 Å². The summed E-state index contributed by atoms with van der Waals surface area (Å²) in [6, 6.07) is 15.3. The van der Waals surface area contributed by atoms with Crippen LogP contribution in [0.25, 0.3) is 10.9 Å². The van der Waals surface area contributed by atoms with Crippen LogP contribution < -0.4 is 5.43 Å². The van der Waals surface area contributed by atoms with Gasteiger partial charge in [0, 0.05) is 36.7 Å². The van der Waals surface area contributed by atoms with Gasteiger partial charge in [-0.2, -0.15) is 0 Å². The zero-order chi connectivity index (χ0) is 18.1. The summed E-state index contributed by atoms with van der Waals surface area (Å²) in [5, 5.41) is 0.619. The maximum absolute atomic E-state index is 13.1. The number of carbonyl (C=O) groups is 1. The summed E-state index contributed by atoms with van der Waals surface area (Å²) in [5.74, 6) is 0.0264. The van der Waals surface area contributed by atoms with Crippen molar-refractivity contribution in [2.45, 2.75) is 18.9 Å². The Hall–Kier alpha value is -2.95. The molecule has 2 heterocycles. The van der Waals surface area contributed by atoms with Crippen LogP contribution in [-0.4, -0.2) is 28.5 Å². The van der Waals surface area contributed by atoms with Crippen LogP contribution >= 0.6 is 0 Å². The smallest absolute Gasteiger partial charge is 0.242 e. The lowest BCUT2D eigenvalue weighted by Crippen LogP contribution is -2.32. The van der Waals surface area contributed by atoms with Crippen molar-refractivity contribution < 1.29 is 9.18 Å². The molecule has 0 saturated carbocycles. The molecule has 0 bridgehead atoms. The Morgan fingerprint density at radius 2 is 1.85 bits per heavy atom. The molecule has 1 aliphatic rings. The second-order valence-electron chi connectivity index (χ2n) is 6.70. The lowest BCUT2D eigenvalue weighted by atomic mass is 9.99. The predicted octanol–water partition coefficient (Wildman–Crippen LogP) is 3.16. The second kappa shape index (κ2) is 6.75. The van der Waals surface area contributed by atoms with Crippen molar-refractivity contribution in [3.8, 4) is 0 Å². The van der Waals surface area contributed by atoms with Crippen LogP contribution in [0.1, 0.15) is 17.9 Å². The molecule has 132 valence electrons. The quantitative estimate of drug-likeness (QED) is 0.728. The number of fused-ring (bicyclic) bond motifs is 1. The van der Waals surface area contributed by atoms with Crippen LogP contribution in [-0.2, 0) is 11.3 Å². The van der Waals surface area contributed by atoms with Gasteiger partial charge < -0.3 is 9.47 Å². The molecule has 3 aromatic rings. The van der Waals surface area contributed by atoms with E-state index in [1.54, 1.807) is 24.4 Å². The van der Waals surface area contributed by atoms with E-state index >= 15 is 0 Å². The first-order chi connectivity index (χ1) is 12.6. The molecule has 0 N–H and O–H groups in total.